The van der Waals surface area contributed by atoms with Crippen molar-refractivity contribution < 1.29 is 62.5 Å². The van der Waals surface area contributed by atoms with Gasteiger partial charge in [0.2, 0.25) is 18.2 Å². The average Bonchev–Trinajstić information content (AvgIpc) is 3.43. The zero-order valence-corrected chi connectivity index (χ0v) is 29.1. The molecule has 1 aromatic carbocycles. The first kappa shape index (κ1) is 38.2. The highest BCUT2D eigenvalue weighted by Crippen LogP contribution is 2.66. The maximum atomic E-state index is 13.7. The Morgan fingerprint density at radius 2 is 1.67 bits per heavy atom. The van der Waals surface area contributed by atoms with E-state index in [1.165, 1.54) is 6.92 Å². The standard InChI is InChI=1S/C36H48O13/c1-9-21(2)19-22(3)15-16-27(38)46-29-35(31(40)44-8)34(41,30(39)43-7)32-47-33(49-35,36(29,42)48-32)18-17-23(4)28(45-25(6)37)24(5)20-26-13-11-10-12-14-26/h10-16,21-22,24,28-29,32,41-42H,4,9,17-20H2,1-3,5-8H3/b16-15+/t21-,22+,24+,28+,29-,32+,33-,34-,35-,36-/m0/s1. The van der Waals surface area contributed by atoms with Gasteiger partial charge in [-0.1, -0.05) is 77.1 Å². The molecule has 0 radical (unpaired) electrons. The van der Waals surface area contributed by atoms with Crippen molar-refractivity contribution in [2.75, 3.05) is 14.2 Å². The first-order chi connectivity index (χ1) is 23.0. The quantitative estimate of drug-likeness (QED) is 0.112. The van der Waals surface area contributed by atoms with Crippen LogP contribution in [-0.4, -0.2) is 89.6 Å². The summed E-state index contributed by atoms with van der Waals surface area (Å²) in [5, 5.41) is 24.0. The summed E-state index contributed by atoms with van der Waals surface area (Å²) in [6, 6.07) is 9.59. The van der Waals surface area contributed by atoms with Crippen molar-refractivity contribution in [2.45, 2.75) is 108 Å². The van der Waals surface area contributed by atoms with Gasteiger partial charge in [-0.2, -0.15) is 0 Å². The molecule has 13 nitrogen and oxygen atoms in total. The van der Waals surface area contributed by atoms with E-state index in [0.717, 1.165) is 38.7 Å². The van der Waals surface area contributed by atoms with Gasteiger partial charge in [0.1, 0.15) is 6.10 Å². The summed E-state index contributed by atoms with van der Waals surface area (Å²) >= 11 is 0. The highest BCUT2D eigenvalue weighted by atomic mass is 16.9. The Bertz CT molecular complexity index is 1440. The number of benzene rings is 1. The number of rotatable bonds is 16. The van der Waals surface area contributed by atoms with Gasteiger partial charge >= 0.3 is 23.9 Å². The number of ether oxygens (including phenoxy) is 7. The predicted octanol–water partition coefficient (Wildman–Crippen LogP) is 3.29. The fourth-order valence-electron chi connectivity index (χ4n) is 7.04. The average molecular weight is 689 g/mol. The summed E-state index contributed by atoms with van der Waals surface area (Å²) in [6.07, 6.45) is -0.271. The molecule has 4 heterocycles. The lowest BCUT2D eigenvalue weighted by atomic mass is 9.74. The van der Waals surface area contributed by atoms with Gasteiger partial charge in [0.25, 0.3) is 17.0 Å². The van der Waals surface area contributed by atoms with E-state index in [1.807, 2.05) is 44.2 Å². The van der Waals surface area contributed by atoms with Crippen molar-refractivity contribution in [1.82, 2.24) is 0 Å². The largest absolute Gasteiger partial charge is 0.467 e. The van der Waals surface area contributed by atoms with Gasteiger partial charge < -0.3 is 43.4 Å². The molecule has 4 bridgehead atoms. The number of aliphatic hydroxyl groups is 2. The first-order valence-electron chi connectivity index (χ1n) is 16.5. The van der Waals surface area contributed by atoms with Crippen LogP contribution in [0.5, 0.6) is 0 Å². The second-order valence-corrected chi connectivity index (χ2v) is 13.4. The fraction of sp³-hybridized carbons (Fsp3) is 0.611. The van der Waals surface area contributed by atoms with Crippen LogP contribution in [0.3, 0.4) is 0 Å². The van der Waals surface area contributed by atoms with Gasteiger partial charge in [0.05, 0.1) is 14.2 Å². The zero-order chi connectivity index (χ0) is 36.4. The molecule has 0 amide bonds. The van der Waals surface area contributed by atoms with E-state index in [2.05, 4.69) is 20.4 Å². The van der Waals surface area contributed by atoms with E-state index in [-0.39, 0.29) is 24.7 Å². The maximum absolute atomic E-state index is 13.7. The predicted molar refractivity (Wildman–Crippen MR) is 172 cm³/mol. The van der Waals surface area contributed by atoms with Crippen molar-refractivity contribution in [3.05, 3.63) is 60.2 Å². The monoisotopic (exact) mass is 688 g/mol. The van der Waals surface area contributed by atoms with Gasteiger partial charge in [0, 0.05) is 25.3 Å². The summed E-state index contributed by atoms with van der Waals surface area (Å²) in [7, 11) is 1.92. The molecule has 13 heteroatoms. The lowest BCUT2D eigenvalue weighted by Crippen LogP contribution is -2.79. The number of methoxy groups -OCH3 is 2. The minimum Gasteiger partial charge on any atom is -0.467 e. The fourth-order valence-corrected chi connectivity index (χ4v) is 7.04. The zero-order valence-electron chi connectivity index (χ0n) is 29.1. The third-order valence-electron chi connectivity index (χ3n) is 9.73. The second-order valence-electron chi connectivity index (χ2n) is 13.4. The molecule has 1 aromatic rings. The topological polar surface area (TPSA) is 173 Å². The lowest BCUT2D eigenvalue weighted by molar-refractivity contribution is -0.381. The summed E-state index contributed by atoms with van der Waals surface area (Å²) in [5.41, 5.74) is -4.54. The van der Waals surface area contributed by atoms with Gasteiger partial charge in [-0.3, -0.25) is 4.79 Å². The molecule has 0 aromatic heterocycles. The van der Waals surface area contributed by atoms with E-state index in [1.54, 1.807) is 6.08 Å². The van der Waals surface area contributed by atoms with Crippen LogP contribution < -0.4 is 0 Å². The molecule has 5 rings (SSSR count). The summed E-state index contributed by atoms with van der Waals surface area (Å²) in [4.78, 5) is 52.2. The molecule has 0 spiro atoms. The third-order valence-corrected chi connectivity index (χ3v) is 9.73. The van der Waals surface area contributed by atoms with Gasteiger partial charge in [0.15, 0.2) is 0 Å². The summed E-state index contributed by atoms with van der Waals surface area (Å²) in [5.74, 6) is -9.21. The molecule has 0 unspecified atom stereocenters. The molecule has 4 saturated heterocycles. The highest BCUT2D eigenvalue weighted by molar-refractivity contribution is 5.96. The smallest absolute Gasteiger partial charge is 0.347 e. The second kappa shape index (κ2) is 14.7. The number of esters is 4. The Hall–Kier alpha value is -3.62. The van der Waals surface area contributed by atoms with Gasteiger partial charge in [-0.25, -0.2) is 14.4 Å². The van der Waals surface area contributed by atoms with Crippen LogP contribution in [0.1, 0.15) is 65.9 Å². The van der Waals surface area contributed by atoms with E-state index in [4.69, 9.17) is 33.2 Å². The van der Waals surface area contributed by atoms with Crippen LogP contribution in [0.2, 0.25) is 0 Å². The summed E-state index contributed by atoms with van der Waals surface area (Å²) < 4.78 is 38.9. The van der Waals surface area contributed by atoms with Gasteiger partial charge in [-0.05, 0) is 42.2 Å². The van der Waals surface area contributed by atoms with Crippen LogP contribution in [0.4, 0.5) is 0 Å². The minimum absolute atomic E-state index is 0.0225. The molecule has 4 aliphatic heterocycles. The Morgan fingerprint density at radius 3 is 2.27 bits per heavy atom. The molecule has 0 aliphatic carbocycles. The minimum atomic E-state index is -3.08. The Morgan fingerprint density at radius 1 is 1.02 bits per heavy atom. The number of carbonyl (C=O) groups is 4. The molecule has 49 heavy (non-hydrogen) atoms. The number of hydrogen-bond acceptors (Lipinski definition) is 13. The van der Waals surface area contributed by atoms with Crippen molar-refractivity contribution in [1.29, 1.82) is 0 Å². The van der Waals surface area contributed by atoms with E-state index < -0.39 is 65.2 Å². The van der Waals surface area contributed by atoms with E-state index >= 15 is 0 Å². The normalized spacial score (nSPS) is 32.3. The Kier molecular flexibility index (Phi) is 11.5. The third kappa shape index (κ3) is 6.66. The van der Waals surface area contributed by atoms with Crippen molar-refractivity contribution >= 4 is 23.9 Å². The van der Waals surface area contributed by atoms with Crippen LogP contribution in [0.15, 0.2) is 54.6 Å². The van der Waals surface area contributed by atoms with Crippen molar-refractivity contribution in [2.24, 2.45) is 17.8 Å². The van der Waals surface area contributed by atoms with Crippen molar-refractivity contribution in [3.63, 3.8) is 0 Å². The Labute approximate surface area is 286 Å². The van der Waals surface area contributed by atoms with Crippen molar-refractivity contribution in [3.8, 4) is 0 Å². The molecular formula is C36H48O13. The number of allylic oxidation sites excluding steroid dienone is 1. The van der Waals surface area contributed by atoms with E-state index in [0.29, 0.717) is 17.9 Å². The first-order valence-corrected chi connectivity index (χ1v) is 16.5. The molecule has 270 valence electrons. The maximum Gasteiger partial charge on any atom is 0.347 e. The van der Waals surface area contributed by atoms with Crippen LogP contribution in [0.25, 0.3) is 0 Å². The summed E-state index contributed by atoms with van der Waals surface area (Å²) in [6.45, 7) is 13.4. The van der Waals surface area contributed by atoms with E-state index in [9.17, 15) is 29.4 Å². The molecule has 4 fully saturated rings. The lowest BCUT2D eigenvalue weighted by Gasteiger charge is -2.49. The molecule has 2 N–H and O–H groups in total. The van der Waals surface area contributed by atoms with Crippen LogP contribution in [-0.2, 0) is 58.8 Å². The molecule has 0 saturated carbocycles. The highest BCUT2D eigenvalue weighted by Gasteiger charge is 2.95. The number of hydrogen-bond donors (Lipinski definition) is 2. The molecule has 10 atom stereocenters. The molecule has 4 aliphatic rings. The molecular weight excluding hydrogens is 640 g/mol. The SMILES string of the molecule is C=C(CC[C@@]12O[C@@H]3O[C@@]1(O)[C@@H](OC(=O)/C=C/[C@@H](C)C[C@@H](C)CC)[C@@](C(=O)OC)(O2)[C@]3(O)C(=O)OC)[C@@H](OC(C)=O)[C@H](C)Cc1ccccc1. The number of carbonyl (C=O) groups excluding carboxylic acids is 4. The van der Waals surface area contributed by atoms with Crippen LogP contribution in [0, 0.1) is 17.8 Å². The Balaban J connectivity index is 1.68. The van der Waals surface area contributed by atoms with Gasteiger partial charge in [-0.15, -0.1) is 0 Å². The van der Waals surface area contributed by atoms with Crippen LogP contribution >= 0.6 is 0 Å².